The number of benzene rings is 1. The lowest BCUT2D eigenvalue weighted by atomic mass is 10.2. The van der Waals surface area contributed by atoms with E-state index < -0.39 is 9.84 Å². The number of hydrogen-bond acceptors (Lipinski definition) is 4. The van der Waals surface area contributed by atoms with Crippen LogP contribution in [0.25, 0.3) is 10.9 Å². The number of aromatic nitrogens is 1. The Morgan fingerprint density at radius 3 is 2.83 bits per heavy atom. The minimum absolute atomic E-state index is 0.235. The molecule has 0 saturated carbocycles. The Labute approximate surface area is 112 Å². The molecular weight excluding hydrogens is 266 g/mol. The fourth-order valence-corrected chi connectivity index (χ4v) is 3.82. The zero-order chi connectivity index (χ0) is 13.0. The largest absolute Gasteiger partial charge is 0.256 e. The van der Waals surface area contributed by atoms with Gasteiger partial charge < -0.3 is 0 Å². The van der Waals surface area contributed by atoms with E-state index in [2.05, 4.69) is 11.1 Å². The van der Waals surface area contributed by atoms with Crippen LogP contribution in [-0.2, 0) is 15.6 Å². The van der Waals surface area contributed by atoms with Gasteiger partial charge in [-0.05, 0) is 17.7 Å². The normalized spacial score (nSPS) is 11.8. The number of rotatable bonds is 5. The van der Waals surface area contributed by atoms with Crippen molar-refractivity contribution in [1.29, 1.82) is 0 Å². The van der Waals surface area contributed by atoms with Crippen molar-refractivity contribution >= 4 is 32.5 Å². The summed E-state index contributed by atoms with van der Waals surface area (Å²) in [6, 6.07) is 10.1. The summed E-state index contributed by atoms with van der Waals surface area (Å²) in [5.41, 5.74) is 2.12. The van der Waals surface area contributed by atoms with Crippen LogP contribution in [0.3, 0.4) is 0 Å². The first-order valence-corrected chi connectivity index (χ1v) is 8.85. The van der Waals surface area contributed by atoms with E-state index in [1.54, 1.807) is 11.8 Å². The Kier molecular flexibility index (Phi) is 4.24. The van der Waals surface area contributed by atoms with Crippen LogP contribution >= 0.6 is 11.8 Å². The van der Waals surface area contributed by atoms with Gasteiger partial charge in [0.15, 0.2) is 0 Å². The molecule has 0 amide bonds. The Hall–Kier alpha value is -1.07. The zero-order valence-electron chi connectivity index (χ0n) is 10.2. The maximum absolute atomic E-state index is 11.0. The van der Waals surface area contributed by atoms with E-state index in [1.807, 2.05) is 30.5 Å². The summed E-state index contributed by atoms with van der Waals surface area (Å²) >= 11 is 1.62. The molecule has 0 fully saturated rings. The molecule has 1 heterocycles. The van der Waals surface area contributed by atoms with Gasteiger partial charge in [-0.15, -0.1) is 0 Å². The highest BCUT2D eigenvalue weighted by atomic mass is 32.2. The van der Waals surface area contributed by atoms with E-state index in [-0.39, 0.29) is 5.75 Å². The molecule has 5 heteroatoms. The molecule has 18 heavy (non-hydrogen) atoms. The molecule has 0 atom stereocenters. The van der Waals surface area contributed by atoms with Gasteiger partial charge in [0.05, 0.1) is 11.3 Å². The number of sulfone groups is 1. The highest BCUT2D eigenvalue weighted by Gasteiger charge is 2.02. The molecule has 3 nitrogen and oxygen atoms in total. The van der Waals surface area contributed by atoms with Gasteiger partial charge >= 0.3 is 0 Å². The second-order valence-corrected chi connectivity index (χ2v) is 7.58. The predicted molar refractivity (Wildman–Crippen MR) is 77.6 cm³/mol. The third kappa shape index (κ3) is 3.99. The molecule has 2 aromatic rings. The van der Waals surface area contributed by atoms with Gasteiger partial charge in [-0.1, -0.05) is 18.2 Å². The summed E-state index contributed by atoms with van der Waals surface area (Å²) in [5, 5.41) is 1.12. The number of pyridine rings is 1. The fraction of sp³-hybridized carbons (Fsp3) is 0.308. The van der Waals surface area contributed by atoms with Crippen LogP contribution in [0.2, 0.25) is 0 Å². The van der Waals surface area contributed by atoms with E-state index in [0.717, 1.165) is 22.2 Å². The monoisotopic (exact) mass is 281 g/mol. The first-order chi connectivity index (χ1) is 8.54. The third-order valence-electron chi connectivity index (χ3n) is 2.51. The lowest BCUT2D eigenvalue weighted by Crippen LogP contribution is -2.05. The van der Waals surface area contributed by atoms with Crippen molar-refractivity contribution in [3.63, 3.8) is 0 Å². The molecule has 0 saturated heterocycles. The fourth-order valence-electron chi connectivity index (χ4n) is 1.60. The van der Waals surface area contributed by atoms with Gasteiger partial charge in [-0.25, -0.2) is 8.42 Å². The van der Waals surface area contributed by atoms with Gasteiger partial charge in [-0.3, -0.25) is 4.98 Å². The molecule has 0 unspecified atom stereocenters. The number of nitrogens with zero attached hydrogens (tertiary/aromatic N) is 1. The van der Waals surface area contributed by atoms with E-state index in [4.69, 9.17) is 0 Å². The zero-order valence-corrected chi connectivity index (χ0v) is 11.8. The maximum Gasteiger partial charge on any atom is 0.148 e. The summed E-state index contributed by atoms with van der Waals surface area (Å²) < 4.78 is 22.0. The summed E-state index contributed by atoms with van der Waals surface area (Å²) in [7, 11) is -2.85. The van der Waals surface area contributed by atoms with Gasteiger partial charge in [0, 0.05) is 29.3 Å². The minimum Gasteiger partial charge on any atom is -0.256 e. The van der Waals surface area contributed by atoms with E-state index in [9.17, 15) is 8.42 Å². The quantitative estimate of drug-likeness (QED) is 0.790. The van der Waals surface area contributed by atoms with Crippen LogP contribution in [0.15, 0.2) is 36.5 Å². The van der Waals surface area contributed by atoms with Crippen LogP contribution in [0, 0.1) is 0 Å². The molecule has 96 valence electrons. The maximum atomic E-state index is 11.0. The number of para-hydroxylation sites is 1. The van der Waals surface area contributed by atoms with Gasteiger partial charge in [0.2, 0.25) is 0 Å². The summed E-state index contributed by atoms with van der Waals surface area (Å²) in [5.74, 6) is 1.66. The van der Waals surface area contributed by atoms with Crippen molar-refractivity contribution in [2.45, 2.75) is 5.75 Å². The average molecular weight is 281 g/mol. The van der Waals surface area contributed by atoms with Crippen LogP contribution in [0.1, 0.15) is 5.56 Å². The Balaban J connectivity index is 1.96. The Morgan fingerprint density at radius 2 is 2.06 bits per heavy atom. The van der Waals surface area contributed by atoms with E-state index in [0.29, 0.717) is 5.75 Å². The molecular formula is C13H15NO2S2. The van der Waals surface area contributed by atoms with Crippen LogP contribution in [0.4, 0.5) is 0 Å². The minimum atomic E-state index is -2.85. The number of fused-ring (bicyclic) bond motifs is 1. The summed E-state index contributed by atoms with van der Waals surface area (Å²) in [6.45, 7) is 0. The first kappa shape index (κ1) is 13.4. The molecule has 0 aliphatic rings. The van der Waals surface area contributed by atoms with E-state index >= 15 is 0 Å². The molecule has 0 N–H and O–H groups in total. The van der Waals surface area contributed by atoms with Gasteiger partial charge in [0.1, 0.15) is 9.84 Å². The molecule has 1 aromatic carbocycles. The molecule has 0 aliphatic heterocycles. The van der Waals surface area contributed by atoms with Crippen LogP contribution < -0.4 is 0 Å². The SMILES string of the molecule is CS(=O)(=O)CCSCc1cnc2ccccc2c1. The molecule has 0 spiro atoms. The van der Waals surface area contributed by atoms with Gasteiger partial charge in [0.25, 0.3) is 0 Å². The molecule has 0 aliphatic carbocycles. The Morgan fingerprint density at radius 1 is 1.28 bits per heavy atom. The lowest BCUT2D eigenvalue weighted by Gasteiger charge is -2.03. The molecule has 1 aromatic heterocycles. The molecule has 0 radical (unpaired) electrons. The first-order valence-electron chi connectivity index (χ1n) is 5.64. The molecule has 2 rings (SSSR count). The summed E-state index contributed by atoms with van der Waals surface area (Å²) in [6.07, 6.45) is 3.13. The highest BCUT2D eigenvalue weighted by Crippen LogP contribution is 2.17. The third-order valence-corrected chi connectivity index (χ3v) is 4.75. The van der Waals surface area contributed by atoms with Crippen molar-refractivity contribution in [1.82, 2.24) is 4.98 Å². The van der Waals surface area contributed by atoms with Crippen molar-refractivity contribution < 1.29 is 8.42 Å². The van der Waals surface area contributed by atoms with Gasteiger partial charge in [-0.2, -0.15) is 11.8 Å². The average Bonchev–Trinajstić information content (AvgIpc) is 2.33. The van der Waals surface area contributed by atoms with Crippen molar-refractivity contribution in [3.05, 3.63) is 42.1 Å². The van der Waals surface area contributed by atoms with Crippen molar-refractivity contribution in [2.75, 3.05) is 17.8 Å². The topological polar surface area (TPSA) is 47.0 Å². The highest BCUT2D eigenvalue weighted by molar-refractivity contribution is 7.99. The van der Waals surface area contributed by atoms with Crippen molar-refractivity contribution in [2.24, 2.45) is 0 Å². The number of thioether (sulfide) groups is 1. The Bertz CT molecular complexity index is 638. The van der Waals surface area contributed by atoms with Crippen LogP contribution in [-0.4, -0.2) is 31.2 Å². The lowest BCUT2D eigenvalue weighted by molar-refractivity contribution is 0.603. The molecule has 0 bridgehead atoms. The second-order valence-electron chi connectivity index (χ2n) is 4.22. The summed E-state index contributed by atoms with van der Waals surface area (Å²) in [4.78, 5) is 4.38. The second kappa shape index (κ2) is 5.71. The predicted octanol–water partition coefficient (Wildman–Crippen LogP) is 2.51. The smallest absolute Gasteiger partial charge is 0.148 e. The van der Waals surface area contributed by atoms with E-state index in [1.165, 1.54) is 6.26 Å². The van der Waals surface area contributed by atoms with Crippen LogP contribution in [0.5, 0.6) is 0 Å². The number of hydrogen-bond donors (Lipinski definition) is 0. The standard InChI is InChI=1S/C13H15NO2S2/c1-18(15,16)7-6-17-10-11-8-12-4-2-3-5-13(12)14-9-11/h2-5,8-9H,6-7,10H2,1H3. The van der Waals surface area contributed by atoms with Crippen molar-refractivity contribution in [3.8, 4) is 0 Å².